The van der Waals surface area contributed by atoms with Crippen LogP contribution >= 0.6 is 0 Å². The lowest BCUT2D eigenvalue weighted by Crippen LogP contribution is -1.99. The molecule has 15 heavy (non-hydrogen) atoms. The van der Waals surface area contributed by atoms with Gasteiger partial charge in [0.25, 0.3) is 0 Å². The summed E-state index contributed by atoms with van der Waals surface area (Å²) in [6, 6.07) is 4.24. The van der Waals surface area contributed by atoms with Gasteiger partial charge in [0.15, 0.2) is 5.75 Å². The number of benzene rings is 1. The first-order chi connectivity index (χ1) is 7.19. The third kappa shape index (κ3) is 2.78. The van der Waals surface area contributed by atoms with Gasteiger partial charge >= 0.3 is 5.69 Å². The number of aliphatic hydroxyl groups is 1. The molecule has 0 saturated heterocycles. The van der Waals surface area contributed by atoms with E-state index in [2.05, 4.69) is 6.58 Å². The van der Waals surface area contributed by atoms with E-state index < -0.39 is 4.92 Å². The number of hydrogen-bond acceptors (Lipinski definition) is 4. The number of ether oxygens (including phenoxy) is 1. The highest BCUT2D eigenvalue weighted by Gasteiger charge is 2.14. The number of rotatable bonds is 5. The molecule has 1 aromatic carbocycles. The van der Waals surface area contributed by atoms with Crippen LogP contribution in [0.3, 0.4) is 0 Å². The van der Waals surface area contributed by atoms with Crippen molar-refractivity contribution in [2.45, 2.75) is 6.61 Å². The fraction of sp³-hybridized carbons (Fsp3) is 0.200. The van der Waals surface area contributed by atoms with Crippen LogP contribution < -0.4 is 4.74 Å². The van der Waals surface area contributed by atoms with Crippen LogP contribution in [0.2, 0.25) is 0 Å². The van der Waals surface area contributed by atoms with E-state index in [1.807, 2.05) is 0 Å². The molecule has 0 heterocycles. The second-order valence-corrected chi connectivity index (χ2v) is 2.82. The van der Waals surface area contributed by atoms with Crippen LogP contribution in [0.1, 0.15) is 5.56 Å². The molecule has 0 aliphatic heterocycles. The van der Waals surface area contributed by atoms with Crippen LogP contribution in [0.25, 0.3) is 0 Å². The lowest BCUT2D eigenvalue weighted by molar-refractivity contribution is -0.385. The Hall–Kier alpha value is -1.88. The largest absolute Gasteiger partial charge is 0.483 e. The Morgan fingerprint density at radius 3 is 2.87 bits per heavy atom. The minimum atomic E-state index is -0.528. The zero-order chi connectivity index (χ0) is 11.3. The molecule has 0 aromatic heterocycles. The summed E-state index contributed by atoms with van der Waals surface area (Å²) in [4.78, 5) is 10.1. The SMILES string of the molecule is C=CCOc1cc(CO)ccc1[N+](=O)[O-]. The average molecular weight is 209 g/mol. The number of nitro groups is 1. The van der Waals surface area contributed by atoms with Gasteiger partial charge in [-0.2, -0.15) is 0 Å². The van der Waals surface area contributed by atoms with Gasteiger partial charge in [-0.3, -0.25) is 10.1 Å². The molecule has 1 rings (SSSR count). The van der Waals surface area contributed by atoms with E-state index in [-0.39, 0.29) is 24.7 Å². The third-order valence-corrected chi connectivity index (χ3v) is 1.76. The molecule has 80 valence electrons. The van der Waals surface area contributed by atoms with Crippen molar-refractivity contribution in [3.63, 3.8) is 0 Å². The summed E-state index contributed by atoms with van der Waals surface area (Å²) in [5.41, 5.74) is 0.453. The zero-order valence-electron chi connectivity index (χ0n) is 8.05. The Labute approximate surface area is 86.8 Å². The van der Waals surface area contributed by atoms with E-state index in [0.717, 1.165) is 0 Å². The van der Waals surface area contributed by atoms with E-state index >= 15 is 0 Å². The van der Waals surface area contributed by atoms with Crippen molar-refractivity contribution in [1.82, 2.24) is 0 Å². The quantitative estimate of drug-likeness (QED) is 0.454. The van der Waals surface area contributed by atoms with E-state index in [0.29, 0.717) is 5.56 Å². The van der Waals surface area contributed by atoms with Gasteiger partial charge in [-0.05, 0) is 17.7 Å². The van der Waals surface area contributed by atoms with E-state index in [1.54, 1.807) is 0 Å². The monoisotopic (exact) mass is 209 g/mol. The Morgan fingerprint density at radius 1 is 1.60 bits per heavy atom. The Bertz CT molecular complexity index is 376. The maximum Gasteiger partial charge on any atom is 0.310 e. The molecule has 0 saturated carbocycles. The fourth-order valence-corrected chi connectivity index (χ4v) is 1.07. The molecular formula is C10H11NO4. The van der Waals surface area contributed by atoms with Crippen molar-refractivity contribution in [2.75, 3.05) is 6.61 Å². The molecule has 1 N–H and O–H groups in total. The van der Waals surface area contributed by atoms with Crippen LogP contribution in [0, 0.1) is 10.1 Å². The average Bonchev–Trinajstić information content (AvgIpc) is 2.25. The minimum absolute atomic E-state index is 0.117. The highest BCUT2D eigenvalue weighted by molar-refractivity contribution is 5.48. The van der Waals surface area contributed by atoms with Crippen molar-refractivity contribution >= 4 is 5.69 Å². The number of hydrogen-bond donors (Lipinski definition) is 1. The number of nitro benzene ring substituents is 1. The zero-order valence-corrected chi connectivity index (χ0v) is 8.05. The first kappa shape index (κ1) is 11.2. The molecule has 0 radical (unpaired) electrons. The normalized spacial score (nSPS) is 9.67. The van der Waals surface area contributed by atoms with Crippen LogP contribution in [-0.2, 0) is 6.61 Å². The summed E-state index contributed by atoms with van der Waals surface area (Å²) in [5, 5.41) is 19.5. The number of aliphatic hydroxyl groups excluding tert-OH is 1. The van der Waals surface area contributed by atoms with E-state index in [4.69, 9.17) is 9.84 Å². The van der Waals surface area contributed by atoms with Crippen LogP contribution in [0.4, 0.5) is 5.69 Å². The van der Waals surface area contributed by atoms with Gasteiger partial charge in [-0.15, -0.1) is 0 Å². The second kappa shape index (κ2) is 5.11. The molecule has 0 amide bonds. The van der Waals surface area contributed by atoms with Crippen molar-refractivity contribution in [3.05, 3.63) is 46.5 Å². The summed E-state index contributed by atoms with van der Waals surface area (Å²) < 4.78 is 5.12. The maximum atomic E-state index is 10.6. The van der Waals surface area contributed by atoms with Crippen molar-refractivity contribution in [1.29, 1.82) is 0 Å². The molecule has 0 spiro atoms. The molecule has 5 heteroatoms. The van der Waals surface area contributed by atoms with E-state index in [9.17, 15) is 10.1 Å². The molecular weight excluding hydrogens is 198 g/mol. The Balaban J connectivity index is 3.04. The predicted molar refractivity (Wildman–Crippen MR) is 54.7 cm³/mol. The smallest absolute Gasteiger partial charge is 0.310 e. The predicted octanol–water partition coefficient (Wildman–Crippen LogP) is 1.65. The van der Waals surface area contributed by atoms with Gasteiger partial charge in [0.05, 0.1) is 11.5 Å². The molecule has 0 unspecified atom stereocenters. The highest BCUT2D eigenvalue weighted by atomic mass is 16.6. The van der Waals surface area contributed by atoms with Crippen LogP contribution in [0.15, 0.2) is 30.9 Å². The summed E-state index contributed by atoms with van der Waals surface area (Å²) >= 11 is 0. The molecule has 0 fully saturated rings. The summed E-state index contributed by atoms with van der Waals surface area (Å²) in [6.45, 7) is 3.46. The topological polar surface area (TPSA) is 72.6 Å². The minimum Gasteiger partial charge on any atom is -0.483 e. The van der Waals surface area contributed by atoms with Gasteiger partial charge < -0.3 is 9.84 Å². The second-order valence-electron chi connectivity index (χ2n) is 2.82. The molecule has 0 bridgehead atoms. The molecule has 0 aliphatic carbocycles. The summed E-state index contributed by atoms with van der Waals surface area (Å²) in [6.07, 6.45) is 1.50. The molecule has 1 aromatic rings. The maximum absolute atomic E-state index is 10.6. The third-order valence-electron chi connectivity index (χ3n) is 1.76. The summed E-state index contributed by atoms with van der Waals surface area (Å²) in [5.74, 6) is 0.145. The Morgan fingerprint density at radius 2 is 2.33 bits per heavy atom. The standard InChI is InChI=1S/C10H11NO4/c1-2-5-15-10-6-8(7-12)3-4-9(10)11(13)14/h2-4,6,12H,1,5,7H2. The van der Waals surface area contributed by atoms with E-state index in [1.165, 1.54) is 24.3 Å². The van der Waals surface area contributed by atoms with Gasteiger partial charge in [0, 0.05) is 6.07 Å². The molecule has 5 nitrogen and oxygen atoms in total. The lowest BCUT2D eigenvalue weighted by Gasteiger charge is -2.05. The lowest BCUT2D eigenvalue weighted by atomic mass is 10.2. The van der Waals surface area contributed by atoms with Crippen molar-refractivity contribution in [3.8, 4) is 5.75 Å². The molecule has 0 atom stereocenters. The Kier molecular flexibility index (Phi) is 3.82. The summed E-state index contributed by atoms with van der Waals surface area (Å²) in [7, 11) is 0. The molecule has 0 aliphatic rings. The fourth-order valence-electron chi connectivity index (χ4n) is 1.07. The first-order valence-electron chi connectivity index (χ1n) is 4.31. The van der Waals surface area contributed by atoms with Gasteiger partial charge in [-0.1, -0.05) is 12.7 Å². The number of nitrogens with zero attached hydrogens (tertiary/aromatic N) is 1. The van der Waals surface area contributed by atoms with Gasteiger partial charge in [0.2, 0.25) is 0 Å². The van der Waals surface area contributed by atoms with Crippen molar-refractivity contribution < 1.29 is 14.8 Å². The van der Waals surface area contributed by atoms with Crippen LogP contribution in [0.5, 0.6) is 5.75 Å². The van der Waals surface area contributed by atoms with Gasteiger partial charge in [0.1, 0.15) is 6.61 Å². The first-order valence-corrected chi connectivity index (χ1v) is 4.31. The highest BCUT2D eigenvalue weighted by Crippen LogP contribution is 2.27. The van der Waals surface area contributed by atoms with Crippen molar-refractivity contribution in [2.24, 2.45) is 0 Å². The van der Waals surface area contributed by atoms with Crippen LogP contribution in [-0.4, -0.2) is 16.6 Å². The van der Waals surface area contributed by atoms with Gasteiger partial charge in [-0.25, -0.2) is 0 Å².